The molecule has 0 aliphatic heterocycles. The van der Waals surface area contributed by atoms with Crippen LogP contribution in [-0.2, 0) is 0 Å². The van der Waals surface area contributed by atoms with Crippen LogP contribution >= 0.6 is 11.8 Å². The van der Waals surface area contributed by atoms with Gasteiger partial charge in [0.15, 0.2) is 0 Å². The third-order valence-corrected chi connectivity index (χ3v) is 3.52. The second-order valence-corrected chi connectivity index (χ2v) is 5.65. The molecule has 0 saturated heterocycles. The largest absolute Gasteiger partial charge is 0.497 e. The zero-order valence-corrected chi connectivity index (χ0v) is 11.6. The van der Waals surface area contributed by atoms with Gasteiger partial charge >= 0.3 is 0 Å². The molecule has 1 atom stereocenters. The molecule has 17 heavy (non-hydrogen) atoms. The smallest absolute Gasteiger partial charge is 0.122 e. The SMILES string of the molecule is COc1cc(OC)cc(C(O)CSC(C)C)c1. The molecule has 4 heteroatoms. The Morgan fingerprint density at radius 2 is 1.65 bits per heavy atom. The van der Waals surface area contributed by atoms with Crippen molar-refractivity contribution >= 4 is 11.8 Å². The number of rotatable bonds is 6. The lowest BCUT2D eigenvalue weighted by molar-refractivity contribution is 0.203. The van der Waals surface area contributed by atoms with Crippen molar-refractivity contribution in [3.05, 3.63) is 23.8 Å². The number of aliphatic hydroxyl groups is 1. The second kappa shape index (κ2) is 6.77. The van der Waals surface area contributed by atoms with E-state index in [4.69, 9.17) is 9.47 Å². The molecule has 1 aromatic rings. The molecule has 0 aromatic heterocycles. The summed E-state index contributed by atoms with van der Waals surface area (Å²) in [4.78, 5) is 0. The highest BCUT2D eigenvalue weighted by atomic mass is 32.2. The van der Waals surface area contributed by atoms with Gasteiger partial charge in [-0.3, -0.25) is 0 Å². The minimum Gasteiger partial charge on any atom is -0.497 e. The first-order valence-corrected chi connectivity index (χ1v) is 6.64. The van der Waals surface area contributed by atoms with E-state index in [2.05, 4.69) is 13.8 Å². The Morgan fingerprint density at radius 1 is 1.12 bits per heavy atom. The predicted octanol–water partition coefficient (Wildman–Crippen LogP) is 2.88. The van der Waals surface area contributed by atoms with Crippen LogP contribution in [0.25, 0.3) is 0 Å². The van der Waals surface area contributed by atoms with E-state index in [1.54, 1.807) is 32.0 Å². The van der Waals surface area contributed by atoms with Crippen molar-refractivity contribution in [3.63, 3.8) is 0 Å². The Bertz CT molecular complexity index is 330. The predicted molar refractivity (Wildman–Crippen MR) is 72.1 cm³/mol. The van der Waals surface area contributed by atoms with E-state index in [-0.39, 0.29) is 0 Å². The van der Waals surface area contributed by atoms with E-state index in [1.807, 2.05) is 12.1 Å². The number of hydrogen-bond donors (Lipinski definition) is 1. The molecule has 0 fully saturated rings. The first-order chi connectivity index (χ1) is 8.06. The van der Waals surface area contributed by atoms with Crippen LogP contribution in [0.4, 0.5) is 0 Å². The Balaban J connectivity index is 2.80. The van der Waals surface area contributed by atoms with E-state index in [0.29, 0.717) is 22.5 Å². The zero-order chi connectivity index (χ0) is 12.8. The molecule has 3 nitrogen and oxygen atoms in total. The minimum atomic E-state index is -0.494. The van der Waals surface area contributed by atoms with Gasteiger partial charge in [0.2, 0.25) is 0 Å². The summed E-state index contributed by atoms with van der Waals surface area (Å²) >= 11 is 1.73. The molecule has 0 heterocycles. The summed E-state index contributed by atoms with van der Waals surface area (Å²) < 4.78 is 10.4. The number of thioether (sulfide) groups is 1. The third kappa shape index (κ3) is 4.48. The highest BCUT2D eigenvalue weighted by Crippen LogP contribution is 2.28. The summed E-state index contributed by atoms with van der Waals surface area (Å²) in [5.41, 5.74) is 0.828. The first kappa shape index (κ1) is 14.2. The fraction of sp³-hybridized carbons (Fsp3) is 0.538. The van der Waals surface area contributed by atoms with Crippen molar-refractivity contribution in [3.8, 4) is 11.5 Å². The highest BCUT2D eigenvalue weighted by molar-refractivity contribution is 7.99. The maximum atomic E-state index is 10.1. The van der Waals surface area contributed by atoms with Gasteiger partial charge in [0.05, 0.1) is 20.3 Å². The van der Waals surface area contributed by atoms with E-state index in [0.717, 1.165) is 5.56 Å². The molecule has 0 saturated carbocycles. The van der Waals surface area contributed by atoms with Crippen LogP contribution in [0, 0.1) is 0 Å². The number of hydrogen-bond acceptors (Lipinski definition) is 4. The van der Waals surface area contributed by atoms with Crippen molar-refractivity contribution in [1.82, 2.24) is 0 Å². The molecule has 0 aliphatic rings. The molecule has 0 radical (unpaired) electrons. The molecule has 0 amide bonds. The van der Waals surface area contributed by atoms with Crippen molar-refractivity contribution in [2.75, 3.05) is 20.0 Å². The Kier molecular flexibility index (Phi) is 5.65. The molecular formula is C13H20O3S. The molecule has 0 aliphatic carbocycles. The van der Waals surface area contributed by atoms with Crippen LogP contribution in [-0.4, -0.2) is 30.3 Å². The van der Waals surface area contributed by atoms with Crippen LogP contribution in [0.2, 0.25) is 0 Å². The van der Waals surface area contributed by atoms with Crippen molar-refractivity contribution in [2.45, 2.75) is 25.2 Å². The van der Waals surface area contributed by atoms with E-state index in [9.17, 15) is 5.11 Å². The van der Waals surface area contributed by atoms with Crippen LogP contribution in [0.1, 0.15) is 25.5 Å². The average Bonchev–Trinajstić information content (AvgIpc) is 2.34. The Morgan fingerprint density at radius 3 is 2.06 bits per heavy atom. The lowest BCUT2D eigenvalue weighted by atomic mass is 10.1. The van der Waals surface area contributed by atoms with Gasteiger partial charge in [0.1, 0.15) is 11.5 Å². The van der Waals surface area contributed by atoms with Gasteiger partial charge in [-0.1, -0.05) is 13.8 Å². The summed E-state index contributed by atoms with van der Waals surface area (Å²) in [6, 6.07) is 5.48. The van der Waals surface area contributed by atoms with Crippen LogP contribution in [0.15, 0.2) is 18.2 Å². The molecule has 1 N–H and O–H groups in total. The third-order valence-electron chi connectivity index (χ3n) is 2.35. The van der Waals surface area contributed by atoms with Crippen LogP contribution in [0.5, 0.6) is 11.5 Å². The van der Waals surface area contributed by atoms with E-state index >= 15 is 0 Å². The molecule has 0 bridgehead atoms. The molecule has 1 unspecified atom stereocenters. The summed E-state index contributed by atoms with van der Waals surface area (Å²) in [6.07, 6.45) is -0.494. The van der Waals surface area contributed by atoms with E-state index in [1.165, 1.54) is 0 Å². The van der Waals surface area contributed by atoms with Gasteiger partial charge < -0.3 is 14.6 Å². The standard InChI is InChI=1S/C13H20O3S/c1-9(2)17-8-13(14)10-5-11(15-3)7-12(6-10)16-4/h5-7,9,13-14H,8H2,1-4H3. The van der Waals surface area contributed by atoms with Gasteiger partial charge in [-0.05, 0) is 22.9 Å². The summed E-state index contributed by atoms with van der Waals surface area (Å²) in [7, 11) is 3.21. The first-order valence-electron chi connectivity index (χ1n) is 5.59. The Hall–Kier alpha value is -0.870. The summed E-state index contributed by atoms with van der Waals surface area (Å²) in [5.74, 6) is 2.08. The van der Waals surface area contributed by atoms with Crippen molar-refractivity contribution < 1.29 is 14.6 Å². The average molecular weight is 256 g/mol. The van der Waals surface area contributed by atoms with Crippen LogP contribution < -0.4 is 9.47 Å². The van der Waals surface area contributed by atoms with E-state index < -0.39 is 6.10 Å². The molecule has 0 spiro atoms. The number of methoxy groups -OCH3 is 2. The molecule has 1 rings (SSSR count). The molecule has 96 valence electrons. The normalized spacial score (nSPS) is 12.6. The fourth-order valence-electron chi connectivity index (χ4n) is 1.40. The summed E-state index contributed by atoms with van der Waals surface area (Å²) in [5, 5.41) is 10.6. The number of ether oxygens (including phenoxy) is 2. The van der Waals surface area contributed by atoms with Gasteiger partial charge in [-0.25, -0.2) is 0 Å². The van der Waals surface area contributed by atoms with Gasteiger partial charge in [0.25, 0.3) is 0 Å². The highest BCUT2D eigenvalue weighted by Gasteiger charge is 2.11. The summed E-state index contributed by atoms with van der Waals surface area (Å²) in [6.45, 7) is 4.23. The minimum absolute atomic E-state index is 0.494. The zero-order valence-electron chi connectivity index (χ0n) is 10.8. The van der Waals surface area contributed by atoms with Crippen molar-refractivity contribution in [1.29, 1.82) is 0 Å². The van der Waals surface area contributed by atoms with Gasteiger partial charge in [0, 0.05) is 11.8 Å². The lowest BCUT2D eigenvalue weighted by Crippen LogP contribution is -2.04. The fourth-order valence-corrected chi connectivity index (χ4v) is 2.16. The molecular weight excluding hydrogens is 236 g/mol. The van der Waals surface area contributed by atoms with Crippen LogP contribution in [0.3, 0.4) is 0 Å². The Labute approximate surface area is 107 Å². The monoisotopic (exact) mass is 256 g/mol. The maximum absolute atomic E-state index is 10.1. The quantitative estimate of drug-likeness (QED) is 0.849. The number of benzene rings is 1. The molecule has 1 aromatic carbocycles. The lowest BCUT2D eigenvalue weighted by Gasteiger charge is -2.14. The van der Waals surface area contributed by atoms with Gasteiger partial charge in [-0.2, -0.15) is 11.8 Å². The van der Waals surface area contributed by atoms with Gasteiger partial charge in [-0.15, -0.1) is 0 Å². The second-order valence-electron chi connectivity index (χ2n) is 4.04. The topological polar surface area (TPSA) is 38.7 Å². The maximum Gasteiger partial charge on any atom is 0.122 e. The number of aliphatic hydroxyl groups excluding tert-OH is 1. The van der Waals surface area contributed by atoms with Crippen molar-refractivity contribution in [2.24, 2.45) is 0 Å².